The van der Waals surface area contributed by atoms with Gasteiger partial charge in [-0.2, -0.15) is 0 Å². The molecule has 17 heavy (non-hydrogen) atoms. The van der Waals surface area contributed by atoms with Crippen LogP contribution in [-0.2, 0) is 4.74 Å². The van der Waals surface area contributed by atoms with Gasteiger partial charge in [-0.1, -0.05) is 0 Å². The number of hydrogen-bond donors (Lipinski definition) is 1. The van der Waals surface area contributed by atoms with E-state index in [9.17, 15) is 0 Å². The Morgan fingerprint density at radius 2 is 2.41 bits per heavy atom. The second-order valence-electron chi connectivity index (χ2n) is 4.29. The van der Waals surface area contributed by atoms with Crippen molar-refractivity contribution < 1.29 is 4.74 Å². The SMILES string of the molecule is COC1CCN(c2ccc3scnc3c2N)C1. The summed E-state index contributed by atoms with van der Waals surface area (Å²) in [7, 11) is 1.77. The van der Waals surface area contributed by atoms with E-state index >= 15 is 0 Å². The average Bonchev–Trinajstić information content (AvgIpc) is 2.97. The first-order chi connectivity index (χ1) is 8.29. The lowest BCUT2D eigenvalue weighted by atomic mass is 10.2. The maximum absolute atomic E-state index is 6.19. The summed E-state index contributed by atoms with van der Waals surface area (Å²) in [5, 5.41) is 0. The number of rotatable bonds is 2. The molecule has 3 rings (SSSR count). The van der Waals surface area contributed by atoms with Gasteiger partial charge in [0.25, 0.3) is 0 Å². The molecule has 0 amide bonds. The summed E-state index contributed by atoms with van der Waals surface area (Å²) in [5.74, 6) is 0. The van der Waals surface area contributed by atoms with Crippen LogP contribution < -0.4 is 10.6 Å². The first kappa shape index (κ1) is 10.8. The number of nitrogen functional groups attached to an aromatic ring is 1. The molecule has 1 aromatic carbocycles. The zero-order valence-electron chi connectivity index (χ0n) is 9.72. The molecule has 0 radical (unpaired) electrons. The van der Waals surface area contributed by atoms with Crippen LogP contribution in [0.4, 0.5) is 11.4 Å². The van der Waals surface area contributed by atoms with Crippen LogP contribution in [0, 0.1) is 0 Å². The highest BCUT2D eigenvalue weighted by Crippen LogP contribution is 2.34. The first-order valence-electron chi connectivity index (χ1n) is 5.69. The van der Waals surface area contributed by atoms with Crippen LogP contribution >= 0.6 is 11.3 Å². The number of anilines is 2. The van der Waals surface area contributed by atoms with E-state index in [1.165, 1.54) is 0 Å². The molecule has 5 heteroatoms. The maximum Gasteiger partial charge on any atom is 0.106 e. The molecule has 4 nitrogen and oxygen atoms in total. The Morgan fingerprint density at radius 3 is 3.18 bits per heavy atom. The lowest BCUT2D eigenvalue weighted by Gasteiger charge is -2.20. The minimum atomic E-state index is 0.320. The third kappa shape index (κ3) is 1.75. The van der Waals surface area contributed by atoms with Gasteiger partial charge in [0.05, 0.1) is 27.7 Å². The molecule has 1 saturated heterocycles. The van der Waals surface area contributed by atoms with Gasteiger partial charge in [-0.05, 0) is 18.6 Å². The number of methoxy groups -OCH3 is 1. The van der Waals surface area contributed by atoms with Crippen molar-refractivity contribution in [2.75, 3.05) is 30.8 Å². The van der Waals surface area contributed by atoms with Gasteiger partial charge in [0.15, 0.2) is 0 Å². The summed E-state index contributed by atoms with van der Waals surface area (Å²) in [5.41, 5.74) is 10.8. The van der Waals surface area contributed by atoms with Crippen molar-refractivity contribution in [3.05, 3.63) is 17.6 Å². The van der Waals surface area contributed by atoms with Crippen LogP contribution in [0.25, 0.3) is 10.2 Å². The smallest absolute Gasteiger partial charge is 0.106 e. The summed E-state index contributed by atoms with van der Waals surface area (Å²) in [6.07, 6.45) is 1.38. The fourth-order valence-corrected chi connectivity index (χ4v) is 3.05. The molecule has 90 valence electrons. The zero-order chi connectivity index (χ0) is 11.8. The van der Waals surface area contributed by atoms with Gasteiger partial charge in [0.1, 0.15) is 5.52 Å². The van der Waals surface area contributed by atoms with E-state index in [1.807, 2.05) is 5.51 Å². The lowest BCUT2D eigenvalue weighted by Crippen LogP contribution is -2.23. The number of fused-ring (bicyclic) bond motifs is 1. The third-order valence-electron chi connectivity index (χ3n) is 3.34. The number of hydrogen-bond acceptors (Lipinski definition) is 5. The monoisotopic (exact) mass is 249 g/mol. The van der Waals surface area contributed by atoms with E-state index in [1.54, 1.807) is 18.4 Å². The number of benzene rings is 1. The van der Waals surface area contributed by atoms with E-state index in [2.05, 4.69) is 22.0 Å². The van der Waals surface area contributed by atoms with Gasteiger partial charge < -0.3 is 15.4 Å². The van der Waals surface area contributed by atoms with E-state index in [0.29, 0.717) is 6.10 Å². The molecule has 1 fully saturated rings. The minimum absolute atomic E-state index is 0.320. The summed E-state index contributed by atoms with van der Waals surface area (Å²) in [4.78, 5) is 6.61. The highest BCUT2D eigenvalue weighted by Gasteiger charge is 2.24. The van der Waals surface area contributed by atoms with Gasteiger partial charge in [0.2, 0.25) is 0 Å². The van der Waals surface area contributed by atoms with Crippen molar-refractivity contribution in [2.45, 2.75) is 12.5 Å². The molecule has 2 N–H and O–H groups in total. The molecule has 2 aromatic rings. The summed E-state index contributed by atoms with van der Waals surface area (Å²) < 4.78 is 6.53. The molecule has 1 aliphatic rings. The minimum Gasteiger partial charge on any atom is -0.395 e. The van der Waals surface area contributed by atoms with Crippen molar-refractivity contribution in [3.63, 3.8) is 0 Å². The molecule has 0 aliphatic carbocycles. The zero-order valence-corrected chi connectivity index (χ0v) is 10.5. The van der Waals surface area contributed by atoms with Crippen molar-refractivity contribution in [2.24, 2.45) is 0 Å². The summed E-state index contributed by atoms with van der Waals surface area (Å²) in [6.45, 7) is 1.91. The van der Waals surface area contributed by atoms with Crippen molar-refractivity contribution >= 4 is 32.9 Å². The Kier molecular flexibility index (Phi) is 2.64. The normalized spacial score (nSPS) is 20.3. The van der Waals surface area contributed by atoms with E-state index < -0.39 is 0 Å². The predicted octanol–water partition coefficient (Wildman–Crippen LogP) is 2.10. The fraction of sp³-hybridized carbons (Fsp3) is 0.417. The molecule has 1 aliphatic heterocycles. The molecular weight excluding hydrogens is 234 g/mol. The molecule has 2 heterocycles. The topological polar surface area (TPSA) is 51.4 Å². The standard InChI is InChI=1S/C12H15N3OS/c1-16-8-4-5-15(6-8)9-2-3-10-12(11(9)13)14-7-17-10/h2-3,7-8H,4-6,13H2,1H3. The van der Waals surface area contributed by atoms with E-state index in [0.717, 1.165) is 41.1 Å². The van der Waals surface area contributed by atoms with Crippen LogP contribution in [-0.4, -0.2) is 31.3 Å². The maximum atomic E-state index is 6.19. The molecule has 0 bridgehead atoms. The second kappa shape index (κ2) is 4.16. The molecular formula is C12H15N3OS. The molecule has 1 unspecified atom stereocenters. The fourth-order valence-electron chi connectivity index (χ4n) is 2.36. The number of nitrogens with zero attached hydrogens (tertiary/aromatic N) is 2. The molecule has 0 saturated carbocycles. The number of ether oxygens (including phenoxy) is 1. The van der Waals surface area contributed by atoms with Gasteiger partial charge >= 0.3 is 0 Å². The Hall–Kier alpha value is -1.33. The largest absolute Gasteiger partial charge is 0.395 e. The molecule has 1 aromatic heterocycles. The van der Waals surface area contributed by atoms with Crippen molar-refractivity contribution in [3.8, 4) is 0 Å². The van der Waals surface area contributed by atoms with Gasteiger partial charge in [0, 0.05) is 20.2 Å². The van der Waals surface area contributed by atoms with Crippen LogP contribution in [0.3, 0.4) is 0 Å². The summed E-state index contributed by atoms with van der Waals surface area (Å²) in [6, 6.07) is 4.19. The average molecular weight is 249 g/mol. The number of aromatic nitrogens is 1. The predicted molar refractivity (Wildman–Crippen MR) is 71.7 cm³/mol. The van der Waals surface area contributed by atoms with Crippen molar-refractivity contribution in [1.29, 1.82) is 0 Å². The Morgan fingerprint density at radius 1 is 1.53 bits per heavy atom. The van der Waals surface area contributed by atoms with Crippen LogP contribution in [0.2, 0.25) is 0 Å². The second-order valence-corrected chi connectivity index (χ2v) is 5.18. The number of thiazole rings is 1. The lowest BCUT2D eigenvalue weighted by molar-refractivity contribution is 0.121. The Labute approximate surface area is 104 Å². The van der Waals surface area contributed by atoms with E-state index in [4.69, 9.17) is 10.5 Å². The highest BCUT2D eigenvalue weighted by atomic mass is 32.1. The van der Waals surface area contributed by atoms with Crippen LogP contribution in [0.15, 0.2) is 17.6 Å². The number of nitrogens with two attached hydrogens (primary N) is 1. The first-order valence-corrected chi connectivity index (χ1v) is 6.57. The third-order valence-corrected chi connectivity index (χ3v) is 4.13. The highest BCUT2D eigenvalue weighted by molar-refractivity contribution is 7.16. The Bertz CT molecular complexity index is 540. The summed E-state index contributed by atoms with van der Waals surface area (Å²) >= 11 is 1.62. The van der Waals surface area contributed by atoms with Gasteiger partial charge in [-0.3, -0.25) is 0 Å². The van der Waals surface area contributed by atoms with Crippen LogP contribution in [0.5, 0.6) is 0 Å². The van der Waals surface area contributed by atoms with Crippen molar-refractivity contribution in [1.82, 2.24) is 4.98 Å². The molecule has 0 spiro atoms. The Balaban J connectivity index is 1.97. The van der Waals surface area contributed by atoms with Gasteiger partial charge in [-0.15, -0.1) is 11.3 Å². The molecule has 1 atom stereocenters. The van der Waals surface area contributed by atoms with Crippen LogP contribution in [0.1, 0.15) is 6.42 Å². The van der Waals surface area contributed by atoms with E-state index in [-0.39, 0.29) is 0 Å². The quantitative estimate of drug-likeness (QED) is 0.828. The van der Waals surface area contributed by atoms with Gasteiger partial charge in [-0.25, -0.2) is 4.98 Å².